The molecule has 5 nitrogen and oxygen atoms in total. The van der Waals surface area contributed by atoms with E-state index in [0.717, 1.165) is 22.1 Å². The standard InChI is InChI=1S/C31H31NO4/c1-3-10-22(11-4-1)19-33-28-18-32-27-21-35-31(26-17-9-15-24-14-7-8-16-25(24)26)36-29(27)30(28)34-20-23-12-5-2-6-13-23/h1-17,27-32H,18-21H2/t27-,28-,29+,30+,31?/m0/s1. The molecule has 2 aliphatic rings. The molecule has 2 fully saturated rings. The van der Waals surface area contributed by atoms with Gasteiger partial charge in [0.15, 0.2) is 6.29 Å². The van der Waals surface area contributed by atoms with E-state index in [1.807, 2.05) is 36.4 Å². The summed E-state index contributed by atoms with van der Waals surface area (Å²) in [6, 6.07) is 35.2. The molecule has 2 saturated heterocycles. The normalized spacial score (nSPS) is 25.9. The Morgan fingerprint density at radius 3 is 2.17 bits per heavy atom. The van der Waals surface area contributed by atoms with Gasteiger partial charge in [0, 0.05) is 12.1 Å². The summed E-state index contributed by atoms with van der Waals surface area (Å²) in [4.78, 5) is 0. The highest BCUT2D eigenvalue weighted by Crippen LogP contribution is 2.35. The minimum atomic E-state index is -0.463. The van der Waals surface area contributed by atoms with Gasteiger partial charge in [0.1, 0.15) is 12.2 Å². The van der Waals surface area contributed by atoms with E-state index in [1.54, 1.807) is 0 Å². The number of fused-ring (bicyclic) bond motifs is 2. The van der Waals surface area contributed by atoms with Gasteiger partial charge in [-0.05, 0) is 21.9 Å². The third kappa shape index (κ3) is 5.07. The average Bonchev–Trinajstić information content (AvgIpc) is 2.95. The summed E-state index contributed by atoms with van der Waals surface area (Å²) in [6.07, 6.45) is -1.06. The summed E-state index contributed by atoms with van der Waals surface area (Å²) in [5, 5.41) is 5.91. The molecule has 2 aliphatic heterocycles. The maximum Gasteiger partial charge on any atom is 0.185 e. The van der Waals surface area contributed by atoms with Crippen LogP contribution in [0.2, 0.25) is 0 Å². The molecule has 2 heterocycles. The zero-order chi connectivity index (χ0) is 24.2. The van der Waals surface area contributed by atoms with E-state index in [1.165, 1.54) is 5.39 Å². The van der Waals surface area contributed by atoms with E-state index in [4.69, 9.17) is 18.9 Å². The van der Waals surface area contributed by atoms with E-state index in [2.05, 4.69) is 72.0 Å². The van der Waals surface area contributed by atoms with Crippen molar-refractivity contribution in [3.63, 3.8) is 0 Å². The van der Waals surface area contributed by atoms with E-state index in [9.17, 15) is 0 Å². The molecule has 0 bridgehead atoms. The van der Waals surface area contributed by atoms with Gasteiger partial charge in [0.05, 0.1) is 32.0 Å². The lowest BCUT2D eigenvalue weighted by molar-refractivity contribution is -0.278. The van der Waals surface area contributed by atoms with Crippen LogP contribution in [0.1, 0.15) is 23.0 Å². The van der Waals surface area contributed by atoms with Gasteiger partial charge in [-0.2, -0.15) is 0 Å². The summed E-state index contributed by atoms with van der Waals surface area (Å²) in [6.45, 7) is 2.26. The lowest BCUT2D eigenvalue weighted by Crippen LogP contribution is -2.65. The second-order valence-electron chi connectivity index (χ2n) is 9.45. The highest BCUT2D eigenvalue weighted by atomic mass is 16.7. The minimum absolute atomic E-state index is 0.0357. The van der Waals surface area contributed by atoms with Crippen LogP contribution >= 0.6 is 0 Å². The SMILES string of the molecule is c1ccc(CO[C@H]2[C@@H]3OC(c4cccc5ccccc45)OC[C@@H]3NC[C@@H]2OCc2ccccc2)cc1. The second-order valence-corrected chi connectivity index (χ2v) is 9.45. The van der Waals surface area contributed by atoms with E-state index in [0.29, 0.717) is 26.4 Å². The van der Waals surface area contributed by atoms with Crippen LogP contribution in [0, 0.1) is 0 Å². The van der Waals surface area contributed by atoms with Crippen molar-refractivity contribution in [3.05, 3.63) is 120 Å². The van der Waals surface area contributed by atoms with Gasteiger partial charge in [-0.25, -0.2) is 0 Å². The summed E-state index contributed by atoms with van der Waals surface area (Å²) in [5.41, 5.74) is 3.32. The quantitative estimate of drug-likeness (QED) is 0.383. The molecule has 5 heteroatoms. The summed E-state index contributed by atoms with van der Waals surface area (Å²) in [7, 11) is 0. The van der Waals surface area contributed by atoms with Crippen LogP contribution in [-0.4, -0.2) is 37.5 Å². The molecular weight excluding hydrogens is 450 g/mol. The van der Waals surface area contributed by atoms with Gasteiger partial charge in [-0.15, -0.1) is 0 Å². The van der Waals surface area contributed by atoms with Crippen molar-refractivity contribution in [2.45, 2.75) is 43.9 Å². The summed E-state index contributed by atoms with van der Waals surface area (Å²) in [5.74, 6) is 0. The van der Waals surface area contributed by atoms with E-state index in [-0.39, 0.29) is 24.4 Å². The maximum atomic E-state index is 6.68. The number of rotatable bonds is 7. The monoisotopic (exact) mass is 481 g/mol. The molecule has 4 aromatic carbocycles. The summed E-state index contributed by atoms with van der Waals surface area (Å²) < 4.78 is 25.9. The van der Waals surface area contributed by atoms with E-state index < -0.39 is 6.29 Å². The lowest BCUT2D eigenvalue weighted by atomic mass is 9.94. The molecular formula is C31H31NO4. The van der Waals surface area contributed by atoms with Crippen LogP contribution in [0.5, 0.6) is 0 Å². The Morgan fingerprint density at radius 1 is 0.722 bits per heavy atom. The van der Waals surface area contributed by atoms with Gasteiger partial charge in [0.25, 0.3) is 0 Å². The molecule has 1 N–H and O–H groups in total. The number of ether oxygens (including phenoxy) is 4. The lowest BCUT2D eigenvalue weighted by Gasteiger charge is -2.47. The third-order valence-electron chi connectivity index (χ3n) is 7.05. The molecule has 36 heavy (non-hydrogen) atoms. The van der Waals surface area contributed by atoms with Crippen molar-refractivity contribution < 1.29 is 18.9 Å². The average molecular weight is 482 g/mol. The van der Waals surface area contributed by atoms with Crippen LogP contribution in [0.4, 0.5) is 0 Å². The Balaban J connectivity index is 1.25. The highest BCUT2D eigenvalue weighted by molar-refractivity contribution is 5.85. The molecule has 0 spiro atoms. The van der Waals surface area contributed by atoms with Crippen molar-refractivity contribution in [2.75, 3.05) is 13.2 Å². The largest absolute Gasteiger partial charge is 0.369 e. The van der Waals surface area contributed by atoms with E-state index >= 15 is 0 Å². The zero-order valence-electron chi connectivity index (χ0n) is 20.2. The maximum absolute atomic E-state index is 6.68. The number of piperidine rings is 1. The topological polar surface area (TPSA) is 49.0 Å². The Labute approximate surface area is 212 Å². The number of hydrogen-bond acceptors (Lipinski definition) is 5. The molecule has 1 unspecified atom stereocenters. The van der Waals surface area contributed by atoms with Crippen LogP contribution in [0.3, 0.4) is 0 Å². The predicted octanol–water partition coefficient (Wildman–Crippen LogP) is 5.40. The minimum Gasteiger partial charge on any atom is -0.369 e. The molecule has 5 atom stereocenters. The summed E-state index contributed by atoms with van der Waals surface area (Å²) >= 11 is 0. The smallest absolute Gasteiger partial charge is 0.185 e. The Bertz CT molecular complexity index is 1260. The molecule has 0 amide bonds. The molecule has 0 radical (unpaired) electrons. The fourth-order valence-electron chi connectivity index (χ4n) is 5.16. The van der Waals surface area contributed by atoms with Crippen LogP contribution in [-0.2, 0) is 32.2 Å². The van der Waals surface area contributed by atoms with Crippen LogP contribution in [0.15, 0.2) is 103 Å². The molecule has 0 aromatic heterocycles. The zero-order valence-corrected chi connectivity index (χ0v) is 20.2. The Morgan fingerprint density at radius 2 is 1.39 bits per heavy atom. The first-order chi connectivity index (χ1) is 17.8. The Hall–Kier alpha value is -3.06. The molecule has 0 saturated carbocycles. The van der Waals surface area contributed by atoms with Gasteiger partial charge >= 0.3 is 0 Å². The number of benzene rings is 4. The fourth-order valence-corrected chi connectivity index (χ4v) is 5.16. The van der Waals surface area contributed by atoms with Gasteiger partial charge in [0.2, 0.25) is 0 Å². The first kappa shape index (κ1) is 23.3. The molecule has 6 rings (SSSR count). The van der Waals surface area contributed by atoms with Gasteiger partial charge in [-0.1, -0.05) is 103 Å². The van der Waals surface area contributed by atoms with Crippen LogP contribution in [0.25, 0.3) is 10.8 Å². The molecule has 4 aromatic rings. The van der Waals surface area contributed by atoms with Crippen molar-refractivity contribution in [3.8, 4) is 0 Å². The Kier molecular flexibility index (Phi) is 7.07. The number of hydrogen-bond donors (Lipinski definition) is 1. The highest BCUT2D eigenvalue weighted by Gasteiger charge is 2.46. The van der Waals surface area contributed by atoms with Crippen molar-refractivity contribution in [1.82, 2.24) is 5.32 Å². The third-order valence-corrected chi connectivity index (χ3v) is 7.05. The van der Waals surface area contributed by atoms with Crippen molar-refractivity contribution in [1.29, 1.82) is 0 Å². The number of nitrogens with one attached hydrogen (secondary N) is 1. The van der Waals surface area contributed by atoms with Crippen LogP contribution < -0.4 is 5.32 Å². The first-order valence-electron chi connectivity index (χ1n) is 12.6. The second kappa shape index (κ2) is 10.9. The van der Waals surface area contributed by atoms with Crippen molar-refractivity contribution >= 4 is 10.8 Å². The van der Waals surface area contributed by atoms with Gasteiger partial charge in [-0.3, -0.25) is 0 Å². The van der Waals surface area contributed by atoms with Crippen molar-refractivity contribution in [2.24, 2.45) is 0 Å². The first-order valence-corrected chi connectivity index (χ1v) is 12.6. The molecule has 184 valence electrons. The fraction of sp³-hybridized carbons (Fsp3) is 0.290. The predicted molar refractivity (Wildman–Crippen MR) is 139 cm³/mol. The molecule has 0 aliphatic carbocycles. The van der Waals surface area contributed by atoms with Gasteiger partial charge < -0.3 is 24.3 Å².